The van der Waals surface area contributed by atoms with Crippen molar-refractivity contribution >= 4 is 35.4 Å². The third-order valence-corrected chi connectivity index (χ3v) is 6.29. The second kappa shape index (κ2) is 12.7. The number of unbranched alkanes of at least 4 members (excludes halogenated alkanes) is 6. The average Bonchev–Trinajstić information content (AvgIpc) is 3.06. The number of alkyl carbamates (subject to hydrolysis) is 1. The van der Waals surface area contributed by atoms with Crippen molar-refractivity contribution in [2.24, 2.45) is 0 Å². The minimum absolute atomic E-state index is 0.0991. The lowest BCUT2D eigenvalue weighted by molar-refractivity contribution is -0.136. The number of rotatable bonds is 12. The molecule has 10 nitrogen and oxygen atoms in total. The zero-order valence-electron chi connectivity index (χ0n) is 22.0. The highest BCUT2D eigenvalue weighted by Gasteiger charge is 2.44. The van der Waals surface area contributed by atoms with E-state index in [9.17, 15) is 24.0 Å². The molecular formula is C27H38N4O6. The van der Waals surface area contributed by atoms with E-state index in [4.69, 9.17) is 4.74 Å². The SMILES string of the molecule is CC(C)(C)OC(=O)NCCCCCCCCCNc1ccc2c(c1)C(=O)N(C1CCC(=O)NC1=O)C2=O. The second-order valence-corrected chi connectivity index (χ2v) is 10.5. The molecule has 37 heavy (non-hydrogen) atoms. The van der Waals surface area contributed by atoms with Gasteiger partial charge >= 0.3 is 6.09 Å². The number of carbonyl (C=O) groups excluding carboxylic acids is 5. The highest BCUT2D eigenvalue weighted by molar-refractivity contribution is 6.23. The molecule has 2 aliphatic rings. The molecule has 3 rings (SSSR count). The van der Waals surface area contributed by atoms with Gasteiger partial charge in [-0.15, -0.1) is 0 Å². The molecule has 0 radical (unpaired) electrons. The number of ether oxygens (including phenoxy) is 1. The van der Waals surface area contributed by atoms with Crippen LogP contribution in [0.3, 0.4) is 0 Å². The van der Waals surface area contributed by atoms with E-state index in [-0.39, 0.29) is 30.1 Å². The summed E-state index contributed by atoms with van der Waals surface area (Å²) in [5.41, 5.74) is 0.833. The van der Waals surface area contributed by atoms with E-state index < -0.39 is 35.3 Å². The Bertz CT molecular complexity index is 1030. The van der Waals surface area contributed by atoms with Crippen molar-refractivity contribution in [3.8, 4) is 0 Å². The molecule has 1 fully saturated rings. The van der Waals surface area contributed by atoms with Gasteiger partial charge in [-0.05, 0) is 58.2 Å². The number of anilines is 1. The van der Waals surface area contributed by atoms with Crippen LogP contribution in [-0.2, 0) is 14.3 Å². The van der Waals surface area contributed by atoms with Gasteiger partial charge in [0, 0.05) is 25.2 Å². The Labute approximate surface area is 217 Å². The Hall–Kier alpha value is -3.43. The first kappa shape index (κ1) is 28.1. The van der Waals surface area contributed by atoms with Crippen LogP contribution in [0, 0.1) is 0 Å². The number of imide groups is 2. The number of benzene rings is 1. The van der Waals surface area contributed by atoms with Gasteiger partial charge in [-0.25, -0.2) is 4.79 Å². The van der Waals surface area contributed by atoms with Crippen molar-refractivity contribution in [2.45, 2.75) is 90.2 Å². The molecule has 2 aliphatic heterocycles. The summed E-state index contributed by atoms with van der Waals surface area (Å²) in [6.07, 6.45) is 7.30. The molecule has 1 aromatic carbocycles. The third-order valence-electron chi connectivity index (χ3n) is 6.29. The molecule has 0 aromatic heterocycles. The van der Waals surface area contributed by atoms with Gasteiger partial charge in [0.2, 0.25) is 11.8 Å². The van der Waals surface area contributed by atoms with Crippen LogP contribution in [0.1, 0.15) is 99.3 Å². The fourth-order valence-corrected chi connectivity index (χ4v) is 4.45. The second-order valence-electron chi connectivity index (χ2n) is 10.5. The van der Waals surface area contributed by atoms with Gasteiger partial charge in [-0.1, -0.05) is 32.1 Å². The quantitative estimate of drug-likeness (QED) is 0.286. The first-order valence-electron chi connectivity index (χ1n) is 13.1. The lowest BCUT2D eigenvalue weighted by atomic mass is 10.0. The number of carbonyl (C=O) groups is 5. The summed E-state index contributed by atoms with van der Waals surface area (Å²) >= 11 is 0. The van der Waals surface area contributed by atoms with Crippen molar-refractivity contribution in [3.05, 3.63) is 29.3 Å². The number of amides is 5. The van der Waals surface area contributed by atoms with Gasteiger partial charge in [0.15, 0.2) is 0 Å². The number of nitrogens with zero attached hydrogens (tertiary/aromatic N) is 1. The number of piperidine rings is 1. The average molecular weight is 515 g/mol. The van der Waals surface area contributed by atoms with E-state index in [1.54, 1.807) is 18.2 Å². The molecule has 202 valence electrons. The molecule has 1 saturated heterocycles. The lowest BCUT2D eigenvalue weighted by Crippen LogP contribution is -2.54. The predicted molar refractivity (Wildman–Crippen MR) is 138 cm³/mol. The molecule has 5 amide bonds. The van der Waals surface area contributed by atoms with Crippen molar-refractivity contribution in [1.29, 1.82) is 0 Å². The maximum Gasteiger partial charge on any atom is 0.407 e. The lowest BCUT2D eigenvalue weighted by Gasteiger charge is -2.27. The Morgan fingerprint density at radius 3 is 2.22 bits per heavy atom. The van der Waals surface area contributed by atoms with E-state index in [2.05, 4.69) is 16.0 Å². The van der Waals surface area contributed by atoms with Gasteiger partial charge in [0.25, 0.3) is 11.8 Å². The highest BCUT2D eigenvalue weighted by Crippen LogP contribution is 2.29. The molecule has 1 aromatic rings. The number of hydrogen-bond donors (Lipinski definition) is 3. The third kappa shape index (κ3) is 8.03. The van der Waals surface area contributed by atoms with E-state index >= 15 is 0 Å². The fourth-order valence-electron chi connectivity index (χ4n) is 4.45. The summed E-state index contributed by atoms with van der Waals surface area (Å²) in [6, 6.07) is 4.08. The molecule has 10 heteroatoms. The van der Waals surface area contributed by atoms with Crippen molar-refractivity contribution in [3.63, 3.8) is 0 Å². The van der Waals surface area contributed by atoms with Crippen LogP contribution in [0.5, 0.6) is 0 Å². The Morgan fingerprint density at radius 1 is 0.946 bits per heavy atom. The van der Waals surface area contributed by atoms with Crippen LogP contribution in [-0.4, -0.2) is 59.4 Å². The van der Waals surface area contributed by atoms with Crippen LogP contribution in [0.4, 0.5) is 10.5 Å². The molecule has 0 bridgehead atoms. The van der Waals surface area contributed by atoms with E-state index in [1.165, 1.54) is 0 Å². The largest absolute Gasteiger partial charge is 0.444 e. The standard InChI is InChI=1S/C27H38N4O6/c1-27(2,3)37-26(36)29-16-10-8-6-4-5-7-9-15-28-18-11-12-19-20(17-18)25(35)31(24(19)34)21-13-14-22(32)30-23(21)33/h11-12,17,21,28H,4-10,13-16H2,1-3H3,(H,29,36)(H,30,32,33). The van der Waals surface area contributed by atoms with E-state index in [1.807, 2.05) is 20.8 Å². The summed E-state index contributed by atoms with van der Waals surface area (Å²) in [7, 11) is 0. The molecule has 1 atom stereocenters. The molecule has 0 saturated carbocycles. The topological polar surface area (TPSA) is 134 Å². The first-order valence-corrected chi connectivity index (χ1v) is 13.1. The maximum atomic E-state index is 12.9. The van der Waals surface area contributed by atoms with Gasteiger partial charge in [0.05, 0.1) is 11.1 Å². The van der Waals surface area contributed by atoms with Gasteiger partial charge in [-0.2, -0.15) is 0 Å². The minimum Gasteiger partial charge on any atom is -0.444 e. The smallest absolute Gasteiger partial charge is 0.407 e. The van der Waals surface area contributed by atoms with Crippen LogP contribution in [0.25, 0.3) is 0 Å². The maximum absolute atomic E-state index is 12.9. The van der Waals surface area contributed by atoms with Crippen LogP contribution in [0.15, 0.2) is 18.2 Å². The van der Waals surface area contributed by atoms with E-state index in [0.29, 0.717) is 6.54 Å². The Morgan fingerprint density at radius 2 is 1.57 bits per heavy atom. The van der Waals surface area contributed by atoms with Crippen molar-refractivity contribution in [1.82, 2.24) is 15.5 Å². The predicted octanol–water partition coefficient (Wildman–Crippen LogP) is 3.76. The summed E-state index contributed by atoms with van der Waals surface area (Å²) in [4.78, 5) is 61.8. The highest BCUT2D eigenvalue weighted by atomic mass is 16.6. The van der Waals surface area contributed by atoms with Crippen LogP contribution >= 0.6 is 0 Å². The van der Waals surface area contributed by atoms with Crippen molar-refractivity contribution < 1.29 is 28.7 Å². The van der Waals surface area contributed by atoms with Gasteiger partial charge in [0.1, 0.15) is 11.6 Å². The normalized spacial score (nSPS) is 17.5. The first-order chi connectivity index (χ1) is 17.6. The number of fused-ring (bicyclic) bond motifs is 1. The monoisotopic (exact) mass is 514 g/mol. The van der Waals surface area contributed by atoms with Crippen molar-refractivity contribution in [2.75, 3.05) is 18.4 Å². The zero-order valence-corrected chi connectivity index (χ0v) is 22.0. The summed E-state index contributed by atoms with van der Waals surface area (Å²) < 4.78 is 5.21. The molecule has 3 N–H and O–H groups in total. The molecule has 2 heterocycles. The Kier molecular flexibility index (Phi) is 9.66. The Balaban J connectivity index is 1.30. The van der Waals surface area contributed by atoms with Gasteiger partial charge < -0.3 is 15.4 Å². The molecule has 1 unspecified atom stereocenters. The fraction of sp³-hybridized carbons (Fsp3) is 0.593. The van der Waals surface area contributed by atoms with E-state index in [0.717, 1.165) is 62.1 Å². The molecule has 0 aliphatic carbocycles. The number of hydrogen-bond acceptors (Lipinski definition) is 7. The molecular weight excluding hydrogens is 476 g/mol. The van der Waals surface area contributed by atoms with Crippen LogP contribution < -0.4 is 16.0 Å². The summed E-state index contributed by atoms with van der Waals surface area (Å²) in [5.74, 6) is -2.00. The summed E-state index contributed by atoms with van der Waals surface area (Å²) in [5, 5.41) is 8.28. The van der Waals surface area contributed by atoms with Crippen LogP contribution in [0.2, 0.25) is 0 Å². The van der Waals surface area contributed by atoms with Gasteiger partial charge in [-0.3, -0.25) is 29.4 Å². The zero-order chi connectivity index (χ0) is 27.0. The number of nitrogens with one attached hydrogen (secondary N) is 3. The molecule has 0 spiro atoms. The summed E-state index contributed by atoms with van der Waals surface area (Å²) in [6.45, 7) is 6.90. The minimum atomic E-state index is -0.956.